The predicted octanol–water partition coefficient (Wildman–Crippen LogP) is 5.49. The van der Waals surface area contributed by atoms with Crippen molar-refractivity contribution in [1.29, 1.82) is 0 Å². The molecular weight excluding hydrogens is 545 g/mol. The third-order valence-electron chi connectivity index (χ3n) is 5.53. The number of aliphatic hydroxyl groups excluding tert-OH is 1. The number of benzene rings is 3. The summed E-state index contributed by atoms with van der Waals surface area (Å²) < 4.78 is 11.8. The number of hydrogen-bond donors (Lipinski definition) is 1. The molecule has 4 rings (SSSR count). The first kappa shape index (κ1) is 23.6. The van der Waals surface area contributed by atoms with E-state index in [-0.39, 0.29) is 5.57 Å². The van der Waals surface area contributed by atoms with Crippen LogP contribution in [0, 0.1) is 3.57 Å². The summed E-state index contributed by atoms with van der Waals surface area (Å²) in [6.07, 6.45) is 3.03. The maximum absolute atomic E-state index is 13.3. The summed E-state index contributed by atoms with van der Waals surface area (Å²) in [5.74, 6) is -0.699. The van der Waals surface area contributed by atoms with Crippen LogP contribution in [0.2, 0.25) is 0 Å². The molecule has 0 saturated carbocycles. The summed E-state index contributed by atoms with van der Waals surface area (Å²) in [5, 5.41) is 10.8. The first-order valence-electron chi connectivity index (χ1n) is 10.5. The van der Waals surface area contributed by atoms with Gasteiger partial charge in [0, 0.05) is 9.26 Å². The summed E-state index contributed by atoms with van der Waals surface area (Å²) in [7, 11) is 3.05. The lowest BCUT2D eigenvalue weighted by atomic mass is 9.95. The molecule has 172 valence electrons. The first-order valence-corrected chi connectivity index (χ1v) is 11.5. The molecule has 7 heteroatoms. The zero-order valence-electron chi connectivity index (χ0n) is 18.6. The van der Waals surface area contributed by atoms with Gasteiger partial charge in [-0.3, -0.25) is 14.5 Å². The molecule has 1 N–H and O–H groups in total. The average Bonchev–Trinajstić information content (AvgIpc) is 3.13. The Balaban J connectivity index is 1.82. The molecule has 1 amide bonds. The van der Waals surface area contributed by atoms with Crippen LogP contribution < -0.4 is 14.4 Å². The number of nitrogens with zero attached hydrogens (tertiary/aromatic N) is 1. The highest BCUT2D eigenvalue weighted by Gasteiger charge is 2.44. The second kappa shape index (κ2) is 10.1. The van der Waals surface area contributed by atoms with Crippen molar-refractivity contribution in [2.45, 2.75) is 6.04 Å². The maximum atomic E-state index is 13.3. The third-order valence-corrected chi connectivity index (χ3v) is 6.25. The Kier molecular flexibility index (Phi) is 7.02. The van der Waals surface area contributed by atoms with E-state index < -0.39 is 23.5 Å². The SMILES string of the molecule is COc1ccc(C2C(C(=O)C=Cc3ccccc3)=C(O)C(=O)N2c2ccc(I)cc2)cc1OC. The molecular formula is C27H22INO5. The van der Waals surface area contributed by atoms with Gasteiger partial charge in [0.15, 0.2) is 23.0 Å². The molecule has 3 aromatic rings. The standard InChI is InChI=1S/C27H22INO5/c1-33-22-15-9-18(16-23(22)34-2)25-24(21(30)14-8-17-6-4-3-5-7-17)26(31)27(32)29(25)20-12-10-19(28)11-13-20/h3-16,25,31H,1-2H3. The topological polar surface area (TPSA) is 76.1 Å². The van der Waals surface area contributed by atoms with Gasteiger partial charge in [-0.25, -0.2) is 0 Å². The van der Waals surface area contributed by atoms with Crippen LogP contribution in [-0.4, -0.2) is 31.0 Å². The maximum Gasteiger partial charge on any atom is 0.294 e. The lowest BCUT2D eigenvalue weighted by molar-refractivity contribution is -0.117. The zero-order valence-corrected chi connectivity index (χ0v) is 20.7. The highest BCUT2D eigenvalue weighted by Crippen LogP contribution is 2.43. The molecule has 0 fully saturated rings. The van der Waals surface area contributed by atoms with Crippen molar-refractivity contribution < 1.29 is 24.2 Å². The second-order valence-electron chi connectivity index (χ2n) is 7.54. The lowest BCUT2D eigenvalue weighted by Crippen LogP contribution is -2.30. The second-order valence-corrected chi connectivity index (χ2v) is 8.78. The molecule has 1 unspecified atom stereocenters. The van der Waals surface area contributed by atoms with Gasteiger partial charge in [-0.15, -0.1) is 0 Å². The molecule has 1 heterocycles. The van der Waals surface area contributed by atoms with Crippen LogP contribution in [0.4, 0.5) is 5.69 Å². The van der Waals surface area contributed by atoms with Crippen LogP contribution in [0.1, 0.15) is 17.2 Å². The number of hydrogen-bond acceptors (Lipinski definition) is 5. The van der Waals surface area contributed by atoms with Gasteiger partial charge >= 0.3 is 0 Å². The van der Waals surface area contributed by atoms with E-state index in [1.165, 1.54) is 25.2 Å². The van der Waals surface area contributed by atoms with E-state index in [2.05, 4.69) is 22.6 Å². The number of methoxy groups -OCH3 is 2. The minimum absolute atomic E-state index is 0.00273. The Bertz CT molecular complexity index is 1280. The smallest absolute Gasteiger partial charge is 0.294 e. The predicted molar refractivity (Wildman–Crippen MR) is 139 cm³/mol. The summed E-state index contributed by atoms with van der Waals surface area (Å²) in [6, 6.07) is 21.0. The fourth-order valence-electron chi connectivity index (χ4n) is 3.89. The van der Waals surface area contributed by atoms with Crippen LogP contribution >= 0.6 is 22.6 Å². The number of rotatable bonds is 7. The highest BCUT2D eigenvalue weighted by atomic mass is 127. The van der Waals surface area contributed by atoms with E-state index in [0.29, 0.717) is 22.7 Å². The number of ketones is 1. The van der Waals surface area contributed by atoms with Crippen molar-refractivity contribution in [3.05, 3.63) is 105 Å². The summed E-state index contributed by atoms with van der Waals surface area (Å²) in [6.45, 7) is 0. The van der Waals surface area contributed by atoms with Crippen molar-refractivity contribution >= 4 is 46.0 Å². The molecule has 1 aliphatic rings. The molecule has 0 bridgehead atoms. The quantitative estimate of drug-likeness (QED) is 0.302. The fourth-order valence-corrected chi connectivity index (χ4v) is 4.25. The number of allylic oxidation sites excluding steroid dienone is 1. The zero-order chi connectivity index (χ0) is 24.2. The van der Waals surface area contributed by atoms with E-state index in [9.17, 15) is 14.7 Å². The van der Waals surface area contributed by atoms with Crippen molar-refractivity contribution in [2.75, 3.05) is 19.1 Å². The molecule has 34 heavy (non-hydrogen) atoms. The van der Waals surface area contributed by atoms with E-state index in [1.54, 1.807) is 36.4 Å². The largest absolute Gasteiger partial charge is 0.503 e. The molecule has 3 aromatic carbocycles. The van der Waals surface area contributed by atoms with Crippen LogP contribution in [0.25, 0.3) is 6.08 Å². The van der Waals surface area contributed by atoms with Crippen molar-refractivity contribution in [3.63, 3.8) is 0 Å². The average molecular weight is 567 g/mol. The lowest BCUT2D eigenvalue weighted by Gasteiger charge is -2.27. The third kappa shape index (κ3) is 4.56. The molecule has 0 aromatic heterocycles. The van der Waals surface area contributed by atoms with Crippen molar-refractivity contribution in [3.8, 4) is 11.5 Å². The Hall–Kier alpha value is -3.59. The fraction of sp³-hybridized carbons (Fsp3) is 0.111. The van der Waals surface area contributed by atoms with E-state index in [1.807, 2.05) is 42.5 Å². The van der Waals surface area contributed by atoms with Crippen LogP contribution in [0.5, 0.6) is 11.5 Å². The number of ether oxygens (including phenoxy) is 2. The number of halogens is 1. The normalized spacial score (nSPS) is 15.8. The number of amides is 1. The van der Waals surface area contributed by atoms with Gasteiger partial charge in [0.25, 0.3) is 5.91 Å². The molecule has 6 nitrogen and oxygen atoms in total. The van der Waals surface area contributed by atoms with Gasteiger partial charge < -0.3 is 14.6 Å². The van der Waals surface area contributed by atoms with Gasteiger partial charge in [0.05, 0.1) is 25.8 Å². The Morgan fingerprint density at radius 1 is 0.971 bits per heavy atom. The van der Waals surface area contributed by atoms with Crippen LogP contribution in [-0.2, 0) is 9.59 Å². The number of carbonyl (C=O) groups is 2. The minimum Gasteiger partial charge on any atom is -0.503 e. The van der Waals surface area contributed by atoms with Crippen LogP contribution in [0.3, 0.4) is 0 Å². The van der Waals surface area contributed by atoms with E-state index >= 15 is 0 Å². The Morgan fingerprint density at radius 3 is 2.29 bits per heavy atom. The van der Waals surface area contributed by atoms with Gasteiger partial charge in [-0.1, -0.05) is 42.5 Å². The van der Waals surface area contributed by atoms with Gasteiger partial charge in [0.2, 0.25) is 0 Å². The van der Waals surface area contributed by atoms with Gasteiger partial charge in [-0.2, -0.15) is 0 Å². The van der Waals surface area contributed by atoms with Gasteiger partial charge in [-0.05, 0) is 76.2 Å². The molecule has 1 aliphatic heterocycles. The summed E-state index contributed by atoms with van der Waals surface area (Å²) in [4.78, 5) is 28.0. The van der Waals surface area contributed by atoms with E-state index in [0.717, 1.165) is 9.13 Å². The van der Waals surface area contributed by atoms with Crippen molar-refractivity contribution in [1.82, 2.24) is 0 Å². The van der Waals surface area contributed by atoms with Gasteiger partial charge in [0.1, 0.15) is 0 Å². The number of carbonyl (C=O) groups excluding carboxylic acids is 2. The molecule has 1 atom stereocenters. The Labute approximate surface area is 211 Å². The van der Waals surface area contributed by atoms with Crippen LogP contribution in [0.15, 0.2) is 90.2 Å². The monoisotopic (exact) mass is 567 g/mol. The molecule has 0 saturated heterocycles. The van der Waals surface area contributed by atoms with Crippen molar-refractivity contribution in [2.24, 2.45) is 0 Å². The highest BCUT2D eigenvalue weighted by molar-refractivity contribution is 14.1. The molecule has 0 aliphatic carbocycles. The number of aliphatic hydroxyl groups is 1. The molecule has 0 radical (unpaired) electrons. The molecule has 0 spiro atoms. The van der Waals surface area contributed by atoms with E-state index in [4.69, 9.17) is 9.47 Å². The first-order chi connectivity index (χ1) is 16.4. The summed E-state index contributed by atoms with van der Waals surface area (Å²) in [5.41, 5.74) is 2.00. The minimum atomic E-state index is -0.847. The Morgan fingerprint density at radius 2 is 1.65 bits per heavy atom. The summed E-state index contributed by atoms with van der Waals surface area (Å²) >= 11 is 2.18. The number of anilines is 1.